The molecule has 5 N–H and O–H groups in total. The maximum Gasteiger partial charge on any atom is 0.239 e. The number of phenols is 4. The molecule has 3 aromatic rings. The fraction of sp³-hybridized carbons (Fsp3) is 0.269. The van der Waals surface area contributed by atoms with Gasteiger partial charge in [-0.05, 0) is 45.4 Å². The number of aromatic hydroxyl groups is 4. The van der Waals surface area contributed by atoms with Crippen LogP contribution >= 0.6 is 0 Å². The molecule has 2 aromatic carbocycles. The van der Waals surface area contributed by atoms with Crippen LogP contribution in [0.5, 0.6) is 28.7 Å². The Kier molecular flexibility index (Phi) is 6.93. The molecule has 0 radical (unpaired) electrons. The van der Waals surface area contributed by atoms with E-state index in [-0.39, 0.29) is 63.5 Å². The standard InChI is InChI=1S/C26H28O8/c1-12(2)6-8-15-21(30)16(11-18(28)13(3)4)22(31)20-23(32)26(33-5)24(34-25(15)20)14-7-9-17(27)19(29)10-14/h6-7,9-10,18,27-31H,3,8,11H2,1-2,4-5H3. The number of benzene rings is 2. The van der Waals surface area contributed by atoms with Crippen LogP contribution in [-0.4, -0.2) is 38.7 Å². The molecule has 34 heavy (non-hydrogen) atoms. The van der Waals surface area contributed by atoms with E-state index in [1.54, 1.807) is 6.92 Å². The summed E-state index contributed by atoms with van der Waals surface area (Å²) in [6.07, 6.45) is 0.774. The first-order valence-corrected chi connectivity index (χ1v) is 10.6. The number of fused-ring (bicyclic) bond motifs is 1. The minimum absolute atomic E-state index is 0.00969. The highest BCUT2D eigenvalue weighted by molar-refractivity contribution is 5.93. The predicted octanol–water partition coefficient (Wildman–Crippen LogP) is 4.28. The summed E-state index contributed by atoms with van der Waals surface area (Å²) >= 11 is 0. The molecule has 8 heteroatoms. The monoisotopic (exact) mass is 468 g/mol. The lowest BCUT2D eigenvalue weighted by Crippen LogP contribution is -2.14. The summed E-state index contributed by atoms with van der Waals surface area (Å²) in [5, 5.41) is 51.8. The van der Waals surface area contributed by atoms with Crippen LogP contribution in [0.4, 0.5) is 0 Å². The number of aliphatic hydroxyl groups is 1. The fourth-order valence-electron chi connectivity index (χ4n) is 3.60. The Morgan fingerprint density at radius 3 is 2.32 bits per heavy atom. The largest absolute Gasteiger partial charge is 0.507 e. The Hall–Kier alpha value is -3.91. The highest BCUT2D eigenvalue weighted by Crippen LogP contribution is 2.43. The van der Waals surface area contributed by atoms with Gasteiger partial charge in [0.2, 0.25) is 11.2 Å². The molecule has 1 heterocycles. The van der Waals surface area contributed by atoms with Crippen molar-refractivity contribution in [2.24, 2.45) is 0 Å². The average molecular weight is 469 g/mol. The molecule has 0 saturated carbocycles. The van der Waals surface area contributed by atoms with Crippen LogP contribution in [0.25, 0.3) is 22.3 Å². The third-order valence-electron chi connectivity index (χ3n) is 5.56. The van der Waals surface area contributed by atoms with E-state index in [0.29, 0.717) is 5.57 Å². The normalized spacial score (nSPS) is 11.9. The smallest absolute Gasteiger partial charge is 0.239 e. The first kappa shape index (κ1) is 24.7. The highest BCUT2D eigenvalue weighted by atomic mass is 16.5. The Morgan fingerprint density at radius 1 is 1.09 bits per heavy atom. The molecule has 1 unspecified atom stereocenters. The third-order valence-corrected chi connectivity index (χ3v) is 5.56. The lowest BCUT2D eigenvalue weighted by molar-refractivity contribution is 0.209. The second kappa shape index (κ2) is 9.52. The number of ether oxygens (including phenoxy) is 1. The van der Waals surface area contributed by atoms with Crippen molar-refractivity contribution in [1.82, 2.24) is 0 Å². The van der Waals surface area contributed by atoms with E-state index in [2.05, 4.69) is 6.58 Å². The van der Waals surface area contributed by atoms with Crippen molar-refractivity contribution in [1.29, 1.82) is 0 Å². The van der Waals surface area contributed by atoms with Gasteiger partial charge in [0, 0.05) is 23.1 Å². The van der Waals surface area contributed by atoms with Crippen molar-refractivity contribution in [2.45, 2.75) is 39.7 Å². The van der Waals surface area contributed by atoms with Crippen molar-refractivity contribution < 1.29 is 34.7 Å². The molecule has 0 aliphatic carbocycles. The Bertz CT molecular complexity index is 1360. The minimum Gasteiger partial charge on any atom is -0.507 e. The maximum absolute atomic E-state index is 13.5. The van der Waals surface area contributed by atoms with Crippen LogP contribution in [0.15, 0.2) is 51.2 Å². The summed E-state index contributed by atoms with van der Waals surface area (Å²) in [6, 6.07) is 3.86. The molecule has 0 aliphatic heterocycles. The number of hydrogen-bond acceptors (Lipinski definition) is 8. The molecule has 0 fully saturated rings. The molecule has 3 rings (SSSR count). The van der Waals surface area contributed by atoms with E-state index in [9.17, 15) is 30.3 Å². The topological polar surface area (TPSA) is 141 Å². The quantitative estimate of drug-likeness (QED) is 0.256. The van der Waals surface area contributed by atoms with Crippen molar-refractivity contribution in [2.75, 3.05) is 7.11 Å². The Balaban J connectivity index is 2.46. The summed E-state index contributed by atoms with van der Waals surface area (Å²) in [7, 11) is 1.26. The van der Waals surface area contributed by atoms with E-state index < -0.39 is 23.0 Å². The summed E-state index contributed by atoms with van der Waals surface area (Å²) in [5.74, 6) is -1.91. The molecule has 0 spiro atoms. The molecule has 8 nitrogen and oxygen atoms in total. The molecule has 0 aliphatic rings. The van der Waals surface area contributed by atoms with E-state index in [1.807, 2.05) is 19.9 Å². The SMILES string of the molecule is C=C(C)C(O)Cc1c(O)c(CC=C(C)C)c2oc(-c3ccc(O)c(O)c3)c(OC)c(=O)c2c1O. The molecule has 0 bridgehead atoms. The number of hydrogen-bond donors (Lipinski definition) is 5. The molecule has 1 atom stereocenters. The number of aliphatic hydroxyl groups excluding tert-OH is 1. The van der Waals surface area contributed by atoms with Crippen LogP contribution in [0.1, 0.15) is 31.9 Å². The second-order valence-corrected chi connectivity index (χ2v) is 8.41. The fourth-order valence-corrected chi connectivity index (χ4v) is 3.60. The number of rotatable bonds is 7. The van der Waals surface area contributed by atoms with Gasteiger partial charge in [0.25, 0.3) is 0 Å². The van der Waals surface area contributed by atoms with Gasteiger partial charge in [-0.1, -0.05) is 23.8 Å². The van der Waals surface area contributed by atoms with Crippen LogP contribution in [0, 0.1) is 0 Å². The number of methoxy groups -OCH3 is 1. The van der Waals surface area contributed by atoms with E-state index >= 15 is 0 Å². The van der Waals surface area contributed by atoms with Gasteiger partial charge in [-0.15, -0.1) is 0 Å². The highest BCUT2D eigenvalue weighted by Gasteiger charge is 2.28. The van der Waals surface area contributed by atoms with Crippen LogP contribution in [-0.2, 0) is 12.8 Å². The van der Waals surface area contributed by atoms with Crippen molar-refractivity contribution in [3.63, 3.8) is 0 Å². The van der Waals surface area contributed by atoms with Gasteiger partial charge in [0.1, 0.15) is 22.5 Å². The Morgan fingerprint density at radius 2 is 1.76 bits per heavy atom. The molecule has 0 amide bonds. The first-order chi connectivity index (χ1) is 16.0. The first-order valence-electron chi connectivity index (χ1n) is 10.6. The van der Waals surface area contributed by atoms with Crippen molar-refractivity contribution >= 4 is 11.0 Å². The molecule has 180 valence electrons. The van der Waals surface area contributed by atoms with E-state index in [0.717, 1.165) is 5.57 Å². The summed E-state index contributed by atoms with van der Waals surface area (Å²) in [5.41, 5.74) is 1.08. The van der Waals surface area contributed by atoms with Crippen molar-refractivity contribution in [3.8, 4) is 40.1 Å². The Labute approximate surface area is 196 Å². The minimum atomic E-state index is -1.06. The van der Waals surface area contributed by atoms with Crippen LogP contribution in [0.2, 0.25) is 0 Å². The molecular weight excluding hydrogens is 440 g/mol. The lowest BCUT2D eigenvalue weighted by Gasteiger charge is -2.18. The molecular formula is C26H28O8. The van der Waals surface area contributed by atoms with Crippen molar-refractivity contribution in [3.05, 3.63) is 63.4 Å². The predicted molar refractivity (Wildman–Crippen MR) is 129 cm³/mol. The summed E-state index contributed by atoms with van der Waals surface area (Å²) in [6.45, 7) is 9.05. The zero-order valence-corrected chi connectivity index (χ0v) is 19.5. The van der Waals surface area contributed by atoms with Gasteiger partial charge in [-0.25, -0.2) is 0 Å². The van der Waals surface area contributed by atoms with Gasteiger partial charge in [0.05, 0.1) is 13.2 Å². The van der Waals surface area contributed by atoms with Gasteiger partial charge in [0.15, 0.2) is 17.3 Å². The maximum atomic E-state index is 13.5. The van der Waals surface area contributed by atoms with Crippen LogP contribution in [0.3, 0.4) is 0 Å². The third kappa shape index (κ3) is 4.45. The van der Waals surface area contributed by atoms with E-state index in [1.165, 1.54) is 25.3 Å². The second-order valence-electron chi connectivity index (χ2n) is 8.41. The zero-order chi connectivity index (χ0) is 25.3. The number of phenolic OH excluding ortho intramolecular Hbond substituents is 4. The zero-order valence-electron chi connectivity index (χ0n) is 19.5. The molecule has 1 aromatic heterocycles. The van der Waals surface area contributed by atoms with Gasteiger partial charge in [-0.2, -0.15) is 0 Å². The van der Waals surface area contributed by atoms with Gasteiger partial charge < -0.3 is 34.7 Å². The van der Waals surface area contributed by atoms with Gasteiger partial charge >= 0.3 is 0 Å². The number of allylic oxidation sites excluding steroid dienone is 2. The summed E-state index contributed by atoms with van der Waals surface area (Å²) < 4.78 is 11.3. The lowest BCUT2D eigenvalue weighted by atomic mass is 9.94. The van der Waals surface area contributed by atoms with E-state index in [4.69, 9.17) is 9.15 Å². The van der Waals surface area contributed by atoms with Crippen LogP contribution < -0.4 is 10.2 Å². The van der Waals surface area contributed by atoms with Gasteiger partial charge in [-0.3, -0.25) is 4.79 Å². The average Bonchev–Trinajstić information content (AvgIpc) is 2.77. The molecule has 0 saturated heterocycles. The summed E-state index contributed by atoms with van der Waals surface area (Å²) in [4.78, 5) is 13.5.